The second kappa shape index (κ2) is 13.0. The summed E-state index contributed by atoms with van der Waals surface area (Å²) in [6.45, 7) is 5.67. The number of piperazine rings is 1. The fourth-order valence-electron chi connectivity index (χ4n) is 4.99. The Bertz CT molecular complexity index is 1470. The highest BCUT2D eigenvalue weighted by molar-refractivity contribution is 7.99. The van der Waals surface area contributed by atoms with Crippen molar-refractivity contribution in [2.75, 3.05) is 32.5 Å². The van der Waals surface area contributed by atoms with Gasteiger partial charge in [0.1, 0.15) is 5.75 Å². The van der Waals surface area contributed by atoms with Crippen molar-refractivity contribution >= 4 is 23.6 Å². The van der Waals surface area contributed by atoms with E-state index in [4.69, 9.17) is 4.74 Å². The quantitative estimate of drug-likeness (QED) is 0.196. The van der Waals surface area contributed by atoms with Crippen molar-refractivity contribution in [1.29, 1.82) is 0 Å². The van der Waals surface area contributed by atoms with Crippen LogP contribution in [0.1, 0.15) is 35.7 Å². The molecule has 2 heterocycles. The zero-order valence-electron chi connectivity index (χ0n) is 23.7. The first kappa shape index (κ1) is 28.4. The van der Waals surface area contributed by atoms with Gasteiger partial charge < -0.3 is 14.5 Å². The standard InChI is InChI=1S/C32H35N5O3S/c1-23-11-13-26(14-12-23)31(39)36-20-19-35(22-24(36)2)29(38)10-7-21-41-32-34-33-30(25-8-5-4-6-9-25)37(32)27-15-17-28(40-3)18-16-27/h4-6,8-9,11-18,24H,7,10,19-22H2,1-3H3. The summed E-state index contributed by atoms with van der Waals surface area (Å²) in [4.78, 5) is 29.8. The lowest BCUT2D eigenvalue weighted by Crippen LogP contribution is -2.55. The third-order valence-electron chi connectivity index (χ3n) is 7.30. The molecule has 1 aliphatic heterocycles. The van der Waals surface area contributed by atoms with Crippen molar-refractivity contribution in [2.24, 2.45) is 0 Å². The van der Waals surface area contributed by atoms with Crippen LogP contribution in [0.4, 0.5) is 0 Å². The number of nitrogens with zero attached hydrogens (tertiary/aromatic N) is 5. The summed E-state index contributed by atoms with van der Waals surface area (Å²) in [7, 11) is 1.65. The maximum atomic E-state index is 13.0. The van der Waals surface area contributed by atoms with Crippen LogP contribution in [0.2, 0.25) is 0 Å². The first-order chi connectivity index (χ1) is 19.9. The van der Waals surface area contributed by atoms with E-state index in [0.29, 0.717) is 31.6 Å². The fraction of sp³-hybridized carbons (Fsp3) is 0.312. The largest absolute Gasteiger partial charge is 0.497 e. The first-order valence-corrected chi connectivity index (χ1v) is 14.9. The van der Waals surface area contributed by atoms with Crippen molar-refractivity contribution in [3.8, 4) is 22.8 Å². The van der Waals surface area contributed by atoms with Crippen LogP contribution < -0.4 is 4.74 Å². The lowest BCUT2D eigenvalue weighted by Gasteiger charge is -2.40. The SMILES string of the molecule is COc1ccc(-n2c(SCCCC(=O)N3CCN(C(=O)c4ccc(C)cc4)C(C)C3)nnc2-c2ccccc2)cc1. The number of benzene rings is 3. The lowest BCUT2D eigenvalue weighted by molar-refractivity contribution is -0.133. The number of ether oxygens (including phenoxy) is 1. The molecule has 4 aromatic rings. The van der Waals surface area contributed by atoms with Gasteiger partial charge in [0.15, 0.2) is 11.0 Å². The molecule has 3 aromatic carbocycles. The van der Waals surface area contributed by atoms with Crippen LogP contribution in [0, 0.1) is 6.92 Å². The van der Waals surface area contributed by atoms with Gasteiger partial charge in [0, 0.05) is 54.7 Å². The van der Waals surface area contributed by atoms with Crippen LogP contribution in [-0.2, 0) is 4.79 Å². The number of methoxy groups -OCH3 is 1. The summed E-state index contributed by atoms with van der Waals surface area (Å²) in [5.41, 5.74) is 3.74. The first-order valence-electron chi connectivity index (χ1n) is 13.9. The Labute approximate surface area is 245 Å². The molecule has 0 aliphatic carbocycles. The summed E-state index contributed by atoms with van der Waals surface area (Å²) >= 11 is 1.59. The summed E-state index contributed by atoms with van der Waals surface area (Å²) in [5.74, 6) is 2.43. The number of thioether (sulfide) groups is 1. The minimum Gasteiger partial charge on any atom is -0.497 e. The molecule has 9 heteroatoms. The minimum atomic E-state index is -0.0321. The van der Waals surface area contributed by atoms with Crippen LogP contribution in [-0.4, -0.2) is 74.9 Å². The second-order valence-corrected chi connectivity index (χ2v) is 11.3. The normalized spacial score (nSPS) is 15.1. The Kier molecular flexibility index (Phi) is 9.04. The van der Waals surface area contributed by atoms with Gasteiger partial charge in [-0.2, -0.15) is 0 Å². The summed E-state index contributed by atoms with van der Waals surface area (Å²) in [6.07, 6.45) is 1.17. The molecule has 0 bridgehead atoms. The van der Waals surface area contributed by atoms with Crippen molar-refractivity contribution in [3.05, 3.63) is 90.0 Å². The van der Waals surface area contributed by atoms with Crippen molar-refractivity contribution < 1.29 is 14.3 Å². The topological polar surface area (TPSA) is 80.6 Å². The molecule has 0 N–H and O–H groups in total. The molecule has 0 radical (unpaired) electrons. The molecule has 0 saturated carbocycles. The van der Waals surface area contributed by atoms with Gasteiger partial charge in [-0.1, -0.05) is 59.8 Å². The van der Waals surface area contributed by atoms with Gasteiger partial charge in [-0.25, -0.2) is 0 Å². The fourth-order valence-corrected chi connectivity index (χ4v) is 5.89. The zero-order valence-corrected chi connectivity index (χ0v) is 24.5. The highest BCUT2D eigenvalue weighted by Gasteiger charge is 2.30. The van der Waals surface area contributed by atoms with E-state index in [1.807, 2.05) is 107 Å². The molecule has 1 unspecified atom stereocenters. The van der Waals surface area contributed by atoms with Gasteiger partial charge in [0.05, 0.1) is 7.11 Å². The molecular weight excluding hydrogens is 534 g/mol. The second-order valence-electron chi connectivity index (χ2n) is 10.2. The number of carbonyl (C=O) groups excluding carboxylic acids is 2. The monoisotopic (exact) mass is 569 g/mol. The maximum Gasteiger partial charge on any atom is 0.254 e. The molecule has 1 fully saturated rings. The van der Waals surface area contributed by atoms with Crippen LogP contribution in [0.15, 0.2) is 84.0 Å². The Morgan fingerprint density at radius 3 is 2.37 bits per heavy atom. The smallest absolute Gasteiger partial charge is 0.254 e. The number of hydrogen-bond acceptors (Lipinski definition) is 6. The van der Waals surface area contributed by atoms with E-state index < -0.39 is 0 Å². The predicted octanol–water partition coefficient (Wildman–Crippen LogP) is 5.50. The lowest BCUT2D eigenvalue weighted by atomic mass is 10.1. The van der Waals surface area contributed by atoms with Crippen LogP contribution in [0.3, 0.4) is 0 Å². The van der Waals surface area contributed by atoms with E-state index in [-0.39, 0.29) is 17.9 Å². The Hall–Kier alpha value is -4.11. The van der Waals surface area contributed by atoms with Gasteiger partial charge in [-0.15, -0.1) is 10.2 Å². The molecule has 41 heavy (non-hydrogen) atoms. The number of amides is 2. The van der Waals surface area contributed by atoms with Gasteiger partial charge in [0.2, 0.25) is 5.91 Å². The van der Waals surface area contributed by atoms with E-state index in [1.165, 1.54) is 0 Å². The molecule has 0 spiro atoms. The highest BCUT2D eigenvalue weighted by Crippen LogP contribution is 2.29. The Balaban J connectivity index is 1.18. The Morgan fingerprint density at radius 1 is 0.951 bits per heavy atom. The average Bonchev–Trinajstić information content (AvgIpc) is 3.43. The highest BCUT2D eigenvalue weighted by atomic mass is 32.2. The molecular formula is C32H35N5O3S. The summed E-state index contributed by atoms with van der Waals surface area (Å²) in [5, 5.41) is 9.77. The van der Waals surface area contributed by atoms with Crippen LogP contribution >= 0.6 is 11.8 Å². The third-order valence-corrected chi connectivity index (χ3v) is 8.32. The van der Waals surface area contributed by atoms with E-state index in [1.54, 1.807) is 18.9 Å². The zero-order chi connectivity index (χ0) is 28.8. The predicted molar refractivity (Wildman–Crippen MR) is 162 cm³/mol. The number of aromatic nitrogens is 3. The molecule has 1 atom stereocenters. The van der Waals surface area contributed by atoms with Gasteiger partial charge in [-0.3, -0.25) is 14.2 Å². The maximum absolute atomic E-state index is 13.0. The molecule has 1 aliphatic rings. The summed E-state index contributed by atoms with van der Waals surface area (Å²) in [6, 6.07) is 25.4. The van der Waals surface area contributed by atoms with E-state index in [2.05, 4.69) is 10.2 Å². The Morgan fingerprint density at radius 2 is 1.68 bits per heavy atom. The number of carbonyl (C=O) groups is 2. The number of hydrogen-bond donors (Lipinski definition) is 0. The van der Waals surface area contributed by atoms with E-state index in [9.17, 15) is 9.59 Å². The average molecular weight is 570 g/mol. The molecule has 212 valence electrons. The third kappa shape index (κ3) is 6.62. The van der Waals surface area contributed by atoms with Gasteiger partial charge in [-0.05, 0) is 56.7 Å². The number of aryl methyl sites for hydroxylation is 1. The van der Waals surface area contributed by atoms with E-state index >= 15 is 0 Å². The van der Waals surface area contributed by atoms with Gasteiger partial charge in [0.25, 0.3) is 5.91 Å². The molecule has 1 aromatic heterocycles. The molecule has 8 nitrogen and oxygen atoms in total. The van der Waals surface area contributed by atoms with Crippen molar-refractivity contribution in [2.45, 2.75) is 37.9 Å². The van der Waals surface area contributed by atoms with Crippen LogP contribution in [0.5, 0.6) is 5.75 Å². The van der Waals surface area contributed by atoms with Crippen molar-refractivity contribution in [1.82, 2.24) is 24.6 Å². The van der Waals surface area contributed by atoms with Crippen molar-refractivity contribution in [3.63, 3.8) is 0 Å². The number of rotatable bonds is 9. The molecule has 5 rings (SSSR count). The minimum absolute atomic E-state index is 0.0249. The van der Waals surface area contributed by atoms with Crippen LogP contribution in [0.25, 0.3) is 17.1 Å². The van der Waals surface area contributed by atoms with E-state index in [0.717, 1.165) is 45.7 Å². The molecule has 2 amide bonds. The van der Waals surface area contributed by atoms with Gasteiger partial charge >= 0.3 is 0 Å². The summed E-state index contributed by atoms with van der Waals surface area (Å²) < 4.78 is 7.38. The molecule has 1 saturated heterocycles.